The van der Waals surface area contributed by atoms with Crippen LogP contribution in [-0.2, 0) is 11.3 Å². The Morgan fingerprint density at radius 2 is 1.90 bits per heavy atom. The average molecular weight is 411 g/mol. The zero-order valence-electron chi connectivity index (χ0n) is 18.0. The molecule has 2 aromatic rings. The number of carbonyl (C=O) groups is 1. The predicted octanol–water partition coefficient (Wildman–Crippen LogP) is 2.06. The molecule has 0 radical (unpaired) electrons. The first kappa shape index (κ1) is 20.0. The Labute approximate surface area is 178 Å². The standard InChI is InChI=1S/C23H34N6O/c1-17-24-20-9-4-5-10-22(20)29(17)16-18-15-21(26-25-18)23(30)28-12-6-11-27(13-14-28)19-7-2-3-8-19/h4-5,9-10,18-19,21,25-26H,2-3,6-8,11-16H2,1H3. The highest BCUT2D eigenvalue weighted by molar-refractivity contribution is 5.82. The van der Waals surface area contributed by atoms with Gasteiger partial charge in [-0.05, 0) is 44.7 Å². The Hall–Kier alpha value is -1.96. The molecule has 1 aromatic carbocycles. The molecular formula is C23H34N6O. The molecule has 3 heterocycles. The number of imidazole rings is 1. The zero-order chi connectivity index (χ0) is 20.5. The summed E-state index contributed by atoms with van der Waals surface area (Å²) in [5.74, 6) is 1.28. The molecule has 2 saturated heterocycles. The number of hydrogen-bond donors (Lipinski definition) is 2. The molecule has 1 aromatic heterocycles. The minimum Gasteiger partial charge on any atom is -0.340 e. The first-order chi connectivity index (χ1) is 14.7. The Bertz CT molecular complexity index is 889. The molecule has 162 valence electrons. The maximum absolute atomic E-state index is 13.2. The molecule has 3 aliphatic rings. The van der Waals surface area contributed by atoms with Gasteiger partial charge in [-0.2, -0.15) is 0 Å². The lowest BCUT2D eigenvalue weighted by molar-refractivity contribution is -0.133. The van der Waals surface area contributed by atoms with E-state index in [-0.39, 0.29) is 18.0 Å². The lowest BCUT2D eigenvalue weighted by Gasteiger charge is -2.27. The number of hydrogen-bond acceptors (Lipinski definition) is 5. The van der Waals surface area contributed by atoms with Gasteiger partial charge in [0.05, 0.1) is 11.0 Å². The maximum Gasteiger partial charge on any atom is 0.241 e. The average Bonchev–Trinajstić information content (AvgIpc) is 3.47. The van der Waals surface area contributed by atoms with E-state index in [4.69, 9.17) is 0 Å². The van der Waals surface area contributed by atoms with E-state index in [1.807, 2.05) is 6.07 Å². The van der Waals surface area contributed by atoms with Gasteiger partial charge in [0.1, 0.15) is 11.9 Å². The predicted molar refractivity (Wildman–Crippen MR) is 118 cm³/mol. The number of amides is 1. The Kier molecular flexibility index (Phi) is 5.76. The van der Waals surface area contributed by atoms with E-state index in [1.54, 1.807) is 0 Å². The third-order valence-corrected chi connectivity index (χ3v) is 7.21. The van der Waals surface area contributed by atoms with Crippen molar-refractivity contribution in [1.82, 2.24) is 30.2 Å². The summed E-state index contributed by atoms with van der Waals surface area (Å²) in [6.45, 7) is 6.79. The highest BCUT2D eigenvalue weighted by atomic mass is 16.2. The van der Waals surface area contributed by atoms with E-state index < -0.39 is 0 Å². The van der Waals surface area contributed by atoms with Crippen LogP contribution in [0.4, 0.5) is 0 Å². The summed E-state index contributed by atoms with van der Waals surface area (Å²) in [7, 11) is 0. The SMILES string of the molecule is Cc1nc2ccccc2n1CC1CC(C(=O)N2CCCN(C3CCCC3)CC2)NN1. The van der Waals surface area contributed by atoms with Crippen LogP contribution in [0.5, 0.6) is 0 Å². The Balaban J connectivity index is 1.18. The van der Waals surface area contributed by atoms with Crippen molar-refractivity contribution in [2.24, 2.45) is 0 Å². The van der Waals surface area contributed by atoms with Gasteiger partial charge < -0.3 is 9.47 Å². The molecule has 0 bridgehead atoms. The van der Waals surface area contributed by atoms with Crippen LogP contribution in [0.1, 0.15) is 44.3 Å². The summed E-state index contributed by atoms with van der Waals surface area (Å²) in [5.41, 5.74) is 8.84. The summed E-state index contributed by atoms with van der Waals surface area (Å²) >= 11 is 0. The minimum absolute atomic E-state index is 0.136. The van der Waals surface area contributed by atoms with Crippen molar-refractivity contribution >= 4 is 16.9 Å². The topological polar surface area (TPSA) is 65.4 Å². The molecular weight excluding hydrogens is 376 g/mol. The number of rotatable bonds is 4. The number of benzene rings is 1. The van der Waals surface area contributed by atoms with Crippen LogP contribution in [0, 0.1) is 6.92 Å². The molecule has 2 N–H and O–H groups in total. The Morgan fingerprint density at radius 1 is 1.07 bits per heavy atom. The largest absolute Gasteiger partial charge is 0.340 e. The van der Waals surface area contributed by atoms with E-state index in [0.717, 1.165) is 68.5 Å². The van der Waals surface area contributed by atoms with Crippen molar-refractivity contribution in [3.8, 4) is 0 Å². The van der Waals surface area contributed by atoms with E-state index in [1.165, 1.54) is 25.7 Å². The third-order valence-electron chi connectivity index (χ3n) is 7.21. The van der Waals surface area contributed by atoms with Crippen molar-refractivity contribution in [2.75, 3.05) is 26.2 Å². The lowest BCUT2D eigenvalue weighted by atomic mass is 10.1. The normalized spacial score (nSPS) is 26.5. The van der Waals surface area contributed by atoms with E-state index in [2.05, 4.69) is 55.3 Å². The maximum atomic E-state index is 13.2. The van der Waals surface area contributed by atoms with Gasteiger partial charge in [-0.1, -0.05) is 25.0 Å². The number of carbonyl (C=O) groups excluding carboxylic acids is 1. The van der Waals surface area contributed by atoms with Gasteiger partial charge in [0.25, 0.3) is 0 Å². The van der Waals surface area contributed by atoms with Crippen LogP contribution < -0.4 is 10.9 Å². The number of fused-ring (bicyclic) bond motifs is 1. The fourth-order valence-electron chi connectivity index (χ4n) is 5.56. The van der Waals surface area contributed by atoms with Crippen molar-refractivity contribution in [2.45, 2.75) is 70.1 Å². The second-order valence-electron chi connectivity index (χ2n) is 9.19. The molecule has 30 heavy (non-hydrogen) atoms. The van der Waals surface area contributed by atoms with Gasteiger partial charge in [-0.25, -0.2) is 10.4 Å². The monoisotopic (exact) mass is 410 g/mol. The number of nitrogens with zero attached hydrogens (tertiary/aromatic N) is 4. The van der Waals surface area contributed by atoms with Crippen LogP contribution in [0.15, 0.2) is 24.3 Å². The van der Waals surface area contributed by atoms with Crippen LogP contribution in [0.2, 0.25) is 0 Å². The molecule has 7 nitrogen and oxygen atoms in total. The molecule has 2 unspecified atom stereocenters. The van der Waals surface area contributed by atoms with Gasteiger partial charge in [-0.3, -0.25) is 15.1 Å². The molecule has 1 aliphatic carbocycles. The van der Waals surface area contributed by atoms with Gasteiger partial charge in [-0.15, -0.1) is 0 Å². The third kappa shape index (κ3) is 3.98. The van der Waals surface area contributed by atoms with Gasteiger partial charge >= 0.3 is 0 Å². The lowest BCUT2D eigenvalue weighted by Crippen LogP contribution is -2.47. The first-order valence-electron chi connectivity index (χ1n) is 11.6. The number of aryl methyl sites for hydroxylation is 1. The molecule has 3 fully saturated rings. The van der Waals surface area contributed by atoms with Crippen LogP contribution in [-0.4, -0.2) is 69.6 Å². The highest BCUT2D eigenvalue weighted by Gasteiger charge is 2.34. The van der Waals surface area contributed by atoms with Crippen LogP contribution in [0.25, 0.3) is 11.0 Å². The summed E-state index contributed by atoms with van der Waals surface area (Å²) < 4.78 is 2.26. The minimum atomic E-state index is -0.136. The molecule has 1 amide bonds. The van der Waals surface area contributed by atoms with E-state index in [9.17, 15) is 4.79 Å². The van der Waals surface area contributed by atoms with E-state index >= 15 is 0 Å². The molecule has 2 aliphatic heterocycles. The molecule has 1 saturated carbocycles. The van der Waals surface area contributed by atoms with Gasteiger partial charge in [0.15, 0.2) is 0 Å². The number of para-hydroxylation sites is 2. The summed E-state index contributed by atoms with van der Waals surface area (Å²) in [6, 6.07) is 9.09. The summed E-state index contributed by atoms with van der Waals surface area (Å²) in [5, 5.41) is 0. The number of hydrazine groups is 1. The molecule has 0 spiro atoms. The van der Waals surface area contributed by atoms with Crippen LogP contribution >= 0.6 is 0 Å². The fraction of sp³-hybridized carbons (Fsp3) is 0.652. The first-order valence-corrected chi connectivity index (χ1v) is 11.6. The fourth-order valence-corrected chi connectivity index (χ4v) is 5.56. The smallest absolute Gasteiger partial charge is 0.241 e. The molecule has 5 rings (SSSR count). The zero-order valence-corrected chi connectivity index (χ0v) is 18.0. The van der Waals surface area contributed by atoms with E-state index in [0.29, 0.717) is 0 Å². The van der Waals surface area contributed by atoms with Crippen LogP contribution in [0.3, 0.4) is 0 Å². The second-order valence-corrected chi connectivity index (χ2v) is 9.19. The molecule has 7 heteroatoms. The van der Waals surface area contributed by atoms with Crippen molar-refractivity contribution in [3.63, 3.8) is 0 Å². The Morgan fingerprint density at radius 3 is 2.77 bits per heavy atom. The number of aromatic nitrogens is 2. The highest BCUT2D eigenvalue weighted by Crippen LogP contribution is 2.25. The molecule has 2 atom stereocenters. The second kappa shape index (κ2) is 8.65. The van der Waals surface area contributed by atoms with Crippen molar-refractivity contribution < 1.29 is 4.79 Å². The van der Waals surface area contributed by atoms with Gasteiger partial charge in [0, 0.05) is 44.8 Å². The van der Waals surface area contributed by atoms with Crippen molar-refractivity contribution in [1.29, 1.82) is 0 Å². The summed E-state index contributed by atoms with van der Waals surface area (Å²) in [6.07, 6.45) is 7.32. The number of nitrogens with one attached hydrogen (secondary N) is 2. The quantitative estimate of drug-likeness (QED) is 0.808. The summed E-state index contributed by atoms with van der Waals surface area (Å²) in [4.78, 5) is 22.6. The van der Waals surface area contributed by atoms with Crippen molar-refractivity contribution in [3.05, 3.63) is 30.1 Å². The van der Waals surface area contributed by atoms with Gasteiger partial charge in [0.2, 0.25) is 5.91 Å².